The molecule has 16 heavy (non-hydrogen) atoms. The summed E-state index contributed by atoms with van der Waals surface area (Å²) in [5, 5.41) is 5.38. The SMILES string of the molecule is COCc1c(C)cccc1NC(=O)NN=N. The number of amides is 2. The Bertz CT molecular complexity index is 392. The number of urea groups is 1. The summed E-state index contributed by atoms with van der Waals surface area (Å²) in [6.07, 6.45) is 0. The van der Waals surface area contributed by atoms with Crippen LogP contribution in [0.25, 0.3) is 0 Å². The highest BCUT2D eigenvalue weighted by Gasteiger charge is 2.07. The van der Waals surface area contributed by atoms with E-state index in [1.54, 1.807) is 13.2 Å². The highest BCUT2D eigenvalue weighted by atomic mass is 16.5. The van der Waals surface area contributed by atoms with Gasteiger partial charge in [0.2, 0.25) is 0 Å². The summed E-state index contributed by atoms with van der Waals surface area (Å²) in [5.74, 6) is 0. The van der Waals surface area contributed by atoms with Crippen molar-refractivity contribution in [3.05, 3.63) is 29.3 Å². The second-order valence-electron chi connectivity index (χ2n) is 3.21. The van der Waals surface area contributed by atoms with Crippen molar-refractivity contribution >= 4 is 11.7 Å². The molecule has 6 nitrogen and oxygen atoms in total. The molecular weight excluding hydrogens is 208 g/mol. The van der Waals surface area contributed by atoms with Crippen LogP contribution in [0.2, 0.25) is 0 Å². The molecule has 1 rings (SSSR count). The zero-order valence-corrected chi connectivity index (χ0v) is 9.20. The van der Waals surface area contributed by atoms with Gasteiger partial charge in [-0.2, -0.15) is 5.53 Å². The topological polar surface area (TPSA) is 86.6 Å². The van der Waals surface area contributed by atoms with E-state index in [0.29, 0.717) is 12.3 Å². The molecule has 0 bridgehead atoms. The van der Waals surface area contributed by atoms with Crippen molar-refractivity contribution in [2.45, 2.75) is 13.5 Å². The van der Waals surface area contributed by atoms with Crippen molar-refractivity contribution in [2.24, 2.45) is 5.22 Å². The molecule has 1 aromatic carbocycles. The van der Waals surface area contributed by atoms with Gasteiger partial charge in [0, 0.05) is 18.4 Å². The third kappa shape index (κ3) is 3.03. The fourth-order valence-corrected chi connectivity index (χ4v) is 1.36. The molecule has 3 N–H and O–H groups in total. The normalized spacial score (nSPS) is 9.62. The van der Waals surface area contributed by atoms with Gasteiger partial charge in [0.25, 0.3) is 0 Å². The molecule has 0 unspecified atom stereocenters. The molecule has 0 spiro atoms. The number of nitrogens with zero attached hydrogens (tertiary/aromatic N) is 1. The third-order valence-corrected chi connectivity index (χ3v) is 2.10. The lowest BCUT2D eigenvalue weighted by atomic mass is 10.1. The second kappa shape index (κ2) is 5.82. The molecule has 0 aliphatic carbocycles. The Balaban J connectivity index is 2.89. The lowest BCUT2D eigenvalue weighted by Crippen LogP contribution is -2.24. The molecule has 0 saturated carbocycles. The largest absolute Gasteiger partial charge is 0.380 e. The minimum atomic E-state index is -0.544. The Labute approximate surface area is 93.5 Å². The second-order valence-corrected chi connectivity index (χ2v) is 3.21. The smallest absolute Gasteiger partial charge is 0.340 e. The first-order valence-corrected chi connectivity index (χ1v) is 4.70. The Kier molecular flexibility index (Phi) is 4.41. The van der Waals surface area contributed by atoms with Crippen LogP contribution in [-0.2, 0) is 11.3 Å². The maximum Gasteiger partial charge on any atom is 0.340 e. The molecule has 6 heteroatoms. The molecule has 0 saturated heterocycles. The van der Waals surface area contributed by atoms with Gasteiger partial charge in [-0.05, 0) is 18.6 Å². The lowest BCUT2D eigenvalue weighted by Gasteiger charge is -2.12. The van der Waals surface area contributed by atoms with Gasteiger partial charge >= 0.3 is 6.03 Å². The number of carbonyl (C=O) groups excluding carboxylic acids is 1. The number of carbonyl (C=O) groups is 1. The summed E-state index contributed by atoms with van der Waals surface area (Å²) in [5.41, 5.74) is 11.1. The molecule has 1 aromatic rings. The number of rotatable bonds is 4. The molecular formula is C10H14N4O2. The number of benzene rings is 1. The summed E-state index contributed by atoms with van der Waals surface area (Å²) in [4.78, 5) is 11.2. The van der Waals surface area contributed by atoms with E-state index < -0.39 is 6.03 Å². The number of hydrogen-bond acceptors (Lipinski definition) is 4. The van der Waals surface area contributed by atoms with Gasteiger partial charge in [0.15, 0.2) is 0 Å². The molecule has 0 heterocycles. The fraction of sp³-hybridized carbons (Fsp3) is 0.300. The van der Waals surface area contributed by atoms with Crippen molar-refractivity contribution < 1.29 is 9.53 Å². The average Bonchev–Trinajstić information content (AvgIpc) is 2.23. The third-order valence-electron chi connectivity index (χ3n) is 2.10. The van der Waals surface area contributed by atoms with E-state index >= 15 is 0 Å². The van der Waals surface area contributed by atoms with Crippen LogP contribution in [0.1, 0.15) is 11.1 Å². The standard InChI is InChI=1S/C10H14N4O2/c1-7-4-3-5-9(8(7)6-16-2)12-10(15)13-14-11/h3-5H,6H2,1-2H3,(H3,11,12,13,15). The summed E-state index contributed by atoms with van der Waals surface area (Å²) in [6.45, 7) is 2.35. The molecule has 0 atom stereocenters. The van der Waals surface area contributed by atoms with Crippen LogP contribution in [0.15, 0.2) is 23.4 Å². The first-order valence-electron chi connectivity index (χ1n) is 4.70. The quantitative estimate of drug-likeness (QED) is 0.538. The molecule has 0 aromatic heterocycles. The predicted molar refractivity (Wildman–Crippen MR) is 59.2 cm³/mol. The van der Waals surface area contributed by atoms with Gasteiger partial charge in [-0.25, -0.2) is 10.2 Å². The van der Waals surface area contributed by atoms with Gasteiger partial charge < -0.3 is 10.1 Å². The van der Waals surface area contributed by atoms with Crippen LogP contribution in [-0.4, -0.2) is 13.1 Å². The van der Waals surface area contributed by atoms with E-state index in [0.717, 1.165) is 11.1 Å². The molecule has 0 aliphatic heterocycles. The van der Waals surface area contributed by atoms with E-state index in [9.17, 15) is 4.79 Å². The fourth-order valence-electron chi connectivity index (χ4n) is 1.36. The minimum Gasteiger partial charge on any atom is -0.380 e. The Morgan fingerprint density at radius 1 is 1.56 bits per heavy atom. The zero-order valence-electron chi connectivity index (χ0n) is 9.20. The predicted octanol–water partition coefficient (Wildman–Crippen LogP) is 2.21. The number of methoxy groups -OCH3 is 1. The number of nitrogens with one attached hydrogen (secondary N) is 3. The minimum absolute atomic E-state index is 0.417. The van der Waals surface area contributed by atoms with Gasteiger partial charge in [-0.3, -0.25) is 0 Å². The van der Waals surface area contributed by atoms with Crippen LogP contribution in [0, 0.1) is 12.5 Å². The first kappa shape index (κ1) is 12.1. The summed E-state index contributed by atoms with van der Waals surface area (Å²) in [6, 6.07) is 5.00. The Morgan fingerprint density at radius 3 is 2.94 bits per heavy atom. The van der Waals surface area contributed by atoms with Gasteiger partial charge in [0.1, 0.15) is 0 Å². The van der Waals surface area contributed by atoms with Gasteiger partial charge in [-0.15, -0.1) is 0 Å². The monoisotopic (exact) mass is 222 g/mol. The Hall–Kier alpha value is -1.95. The van der Waals surface area contributed by atoms with Crippen molar-refractivity contribution in [3.8, 4) is 0 Å². The number of hydrogen-bond donors (Lipinski definition) is 3. The van der Waals surface area contributed by atoms with E-state index in [1.165, 1.54) is 0 Å². The maximum absolute atomic E-state index is 11.2. The summed E-state index contributed by atoms with van der Waals surface area (Å²) < 4.78 is 5.06. The molecule has 0 radical (unpaired) electrons. The molecule has 0 aliphatic rings. The Morgan fingerprint density at radius 2 is 2.31 bits per heavy atom. The van der Waals surface area contributed by atoms with Crippen molar-refractivity contribution in [3.63, 3.8) is 0 Å². The zero-order chi connectivity index (χ0) is 12.0. The molecule has 86 valence electrons. The maximum atomic E-state index is 11.2. The van der Waals surface area contributed by atoms with E-state index in [-0.39, 0.29) is 0 Å². The van der Waals surface area contributed by atoms with Crippen LogP contribution < -0.4 is 10.7 Å². The highest BCUT2D eigenvalue weighted by Crippen LogP contribution is 2.20. The van der Waals surface area contributed by atoms with Crippen LogP contribution in [0.3, 0.4) is 0 Å². The summed E-state index contributed by atoms with van der Waals surface area (Å²) >= 11 is 0. The van der Waals surface area contributed by atoms with Crippen LogP contribution >= 0.6 is 0 Å². The first-order chi connectivity index (χ1) is 7.69. The average molecular weight is 222 g/mol. The molecule has 2 amide bonds. The molecule has 0 fully saturated rings. The van der Waals surface area contributed by atoms with Crippen LogP contribution in [0.5, 0.6) is 0 Å². The van der Waals surface area contributed by atoms with Gasteiger partial charge in [-0.1, -0.05) is 17.4 Å². The van der Waals surface area contributed by atoms with E-state index in [2.05, 4.69) is 10.5 Å². The van der Waals surface area contributed by atoms with Crippen molar-refractivity contribution in [1.82, 2.24) is 5.43 Å². The lowest BCUT2D eigenvalue weighted by molar-refractivity contribution is 0.185. The highest BCUT2D eigenvalue weighted by molar-refractivity contribution is 5.89. The number of ether oxygens (including phenoxy) is 1. The van der Waals surface area contributed by atoms with Crippen molar-refractivity contribution in [2.75, 3.05) is 12.4 Å². The number of anilines is 1. The van der Waals surface area contributed by atoms with Crippen LogP contribution in [0.4, 0.5) is 10.5 Å². The summed E-state index contributed by atoms with van der Waals surface area (Å²) in [7, 11) is 1.59. The van der Waals surface area contributed by atoms with Gasteiger partial charge in [0.05, 0.1) is 6.61 Å². The van der Waals surface area contributed by atoms with E-state index in [4.69, 9.17) is 10.3 Å². The van der Waals surface area contributed by atoms with E-state index in [1.807, 2.05) is 24.5 Å². The van der Waals surface area contributed by atoms with Crippen molar-refractivity contribution in [1.29, 1.82) is 5.53 Å². The number of aryl methyl sites for hydroxylation is 1.